The second-order valence-electron chi connectivity index (χ2n) is 5.54. The van der Waals surface area contributed by atoms with Crippen LogP contribution >= 0.6 is 11.6 Å². The van der Waals surface area contributed by atoms with Gasteiger partial charge in [-0.15, -0.1) is 0 Å². The number of halogens is 1. The fraction of sp³-hybridized carbons (Fsp3) is 0.438. The molecule has 1 aliphatic heterocycles. The lowest BCUT2D eigenvalue weighted by Crippen LogP contribution is -2.40. The van der Waals surface area contributed by atoms with E-state index in [0.29, 0.717) is 6.04 Å². The Labute approximate surface area is 124 Å². The molecule has 1 N–H and O–H groups in total. The maximum absolute atomic E-state index is 6.20. The molecule has 0 aliphatic carbocycles. The first kappa shape index (κ1) is 13.7. The Morgan fingerprint density at radius 2 is 2.30 bits per heavy atom. The van der Waals surface area contributed by atoms with E-state index in [1.54, 1.807) is 0 Å². The largest absolute Gasteiger partial charge is 0.382 e. The van der Waals surface area contributed by atoms with Gasteiger partial charge < -0.3 is 10.2 Å². The second-order valence-corrected chi connectivity index (χ2v) is 5.98. The minimum atomic E-state index is 0.599. The molecule has 0 bridgehead atoms. The van der Waals surface area contributed by atoms with Crippen molar-refractivity contribution in [3.63, 3.8) is 0 Å². The molecule has 0 radical (unpaired) electrons. The van der Waals surface area contributed by atoms with Gasteiger partial charge in [0.25, 0.3) is 0 Å². The van der Waals surface area contributed by atoms with Crippen LogP contribution in [0.25, 0.3) is 10.9 Å². The molecule has 20 heavy (non-hydrogen) atoms. The van der Waals surface area contributed by atoms with E-state index in [9.17, 15) is 0 Å². The number of piperidine rings is 1. The molecule has 0 spiro atoms. The normalized spacial score (nSPS) is 20.2. The molecular weight excluding hydrogens is 270 g/mol. The van der Waals surface area contributed by atoms with Gasteiger partial charge in [-0.25, -0.2) is 0 Å². The number of aromatic nitrogens is 1. The molecule has 0 amide bonds. The molecule has 1 aromatic carbocycles. The number of fused-ring (bicyclic) bond motifs is 1. The topological polar surface area (TPSA) is 28.2 Å². The van der Waals surface area contributed by atoms with Crippen LogP contribution in [-0.4, -0.2) is 36.1 Å². The molecule has 1 atom stereocenters. The van der Waals surface area contributed by atoms with Crippen molar-refractivity contribution in [3.05, 3.63) is 35.5 Å². The van der Waals surface area contributed by atoms with E-state index in [4.69, 9.17) is 11.6 Å². The Morgan fingerprint density at radius 3 is 3.15 bits per heavy atom. The molecule has 1 fully saturated rings. The number of likely N-dealkylation sites (N-methyl/N-ethyl adjacent to an activating group) is 1. The van der Waals surface area contributed by atoms with Crippen LogP contribution in [0.3, 0.4) is 0 Å². The quantitative estimate of drug-likeness (QED) is 0.932. The van der Waals surface area contributed by atoms with Gasteiger partial charge in [-0.05, 0) is 44.6 Å². The average Bonchev–Trinajstić information content (AvgIpc) is 2.46. The fourth-order valence-corrected chi connectivity index (χ4v) is 3.15. The Morgan fingerprint density at radius 1 is 1.40 bits per heavy atom. The van der Waals surface area contributed by atoms with Crippen LogP contribution in [0.5, 0.6) is 0 Å². The number of nitrogens with zero attached hydrogens (tertiary/aromatic N) is 2. The van der Waals surface area contributed by atoms with Crippen LogP contribution in [0, 0.1) is 0 Å². The number of pyridine rings is 1. The van der Waals surface area contributed by atoms with Crippen molar-refractivity contribution in [1.82, 2.24) is 9.88 Å². The molecule has 4 heteroatoms. The van der Waals surface area contributed by atoms with E-state index in [-0.39, 0.29) is 0 Å². The van der Waals surface area contributed by atoms with E-state index in [0.717, 1.165) is 28.2 Å². The van der Waals surface area contributed by atoms with Gasteiger partial charge in [0.1, 0.15) is 0 Å². The number of hydrogen-bond acceptors (Lipinski definition) is 3. The highest BCUT2D eigenvalue weighted by molar-refractivity contribution is 6.31. The monoisotopic (exact) mass is 289 g/mol. The van der Waals surface area contributed by atoms with Gasteiger partial charge in [0.15, 0.2) is 0 Å². The lowest BCUT2D eigenvalue weighted by atomic mass is 10.0. The van der Waals surface area contributed by atoms with E-state index in [1.807, 2.05) is 30.5 Å². The van der Waals surface area contributed by atoms with Crippen LogP contribution < -0.4 is 5.32 Å². The van der Waals surface area contributed by atoms with Crippen molar-refractivity contribution in [2.75, 3.05) is 25.5 Å². The van der Waals surface area contributed by atoms with E-state index >= 15 is 0 Å². The molecule has 1 saturated heterocycles. The SMILES string of the molecule is CN1CCCCC1CNc1cc(Cl)cc2cccnc12. The van der Waals surface area contributed by atoms with Gasteiger partial charge in [0.05, 0.1) is 11.2 Å². The smallest absolute Gasteiger partial charge is 0.0934 e. The van der Waals surface area contributed by atoms with Crippen molar-refractivity contribution in [3.8, 4) is 0 Å². The first-order valence-corrected chi connectivity index (χ1v) is 7.60. The highest BCUT2D eigenvalue weighted by atomic mass is 35.5. The molecule has 2 aromatic rings. The van der Waals surface area contributed by atoms with Crippen molar-refractivity contribution >= 4 is 28.2 Å². The number of nitrogens with one attached hydrogen (secondary N) is 1. The van der Waals surface area contributed by atoms with Gasteiger partial charge in [0.2, 0.25) is 0 Å². The highest BCUT2D eigenvalue weighted by Gasteiger charge is 2.18. The summed E-state index contributed by atoms with van der Waals surface area (Å²) in [4.78, 5) is 6.91. The molecule has 2 heterocycles. The zero-order valence-electron chi connectivity index (χ0n) is 11.8. The van der Waals surface area contributed by atoms with E-state index < -0.39 is 0 Å². The fourth-order valence-electron chi connectivity index (χ4n) is 2.92. The number of rotatable bonds is 3. The molecule has 1 aromatic heterocycles. The average molecular weight is 290 g/mol. The number of likely N-dealkylation sites (tertiary alicyclic amines) is 1. The lowest BCUT2D eigenvalue weighted by molar-refractivity contribution is 0.195. The highest BCUT2D eigenvalue weighted by Crippen LogP contribution is 2.26. The zero-order valence-corrected chi connectivity index (χ0v) is 12.5. The summed E-state index contributed by atoms with van der Waals surface area (Å²) in [5, 5.41) is 5.38. The molecule has 1 aliphatic rings. The molecule has 3 rings (SSSR count). The Balaban J connectivity index is 1.80. The summed E-state index contributed by atoms with van der Waals surface area (Å²) in [6.45, 7) is 2.14. The number of hydrogen-bond donors (Lipinski definition) is 1. The van der Waals surface area contributed by atoms with Gasteiger partial charge in [-0.2, -0.15) is 0 Å². The van der Waals surface area contributed by atoms with Crippen LogP contribution in [0.1, 0.15) is 19.3 Å². The summed E-state index contributed by atoms with van der Waals surface area (Å²) < 4.78 is 0. The minimum Gasteiger partial charge on any atom is -0.382 e. The maximum Gasteiger partial charge on any atom is 0.0934 e. The summed E-state index contributed by atoms with van der Waals surface area (Å²) >= 11 is 6.20. The van der Waals surface area contributed by atoms with Crippen molar-refractivity contribution in [2.45, 2.75) is 25.3 Å². The van der Waals surface area contributed by atoms with E-state index in [2.05, 4.69) is 22.2 Å². The molecule has 1 unspecified atom stereocenters. The van der Waals surface area contributed by atoms with Crippen LogP contribution in [0.2, 0.25) is 5.02 Å². The maximum atomic E-state index is 6.20. The first-order valence-electron chi connectivity index (χ1n) is 7.22. The van der Waals surface area contributed by atoms with Gasteiger partial charge >= 0.3 is 0 Å². The van der Waals surface area contributed by atoms with Crippen LogP contribution in [0.15, 0.2) is 30.5 Å². The van der Waals surface area contributed by atoms with Gasteiger partial charge in [-0.3, -0.25) is 4.98 Å². The standard InChI is InChI=1S/C16H20ClN3/c1-20-8-3-2-6-14(20)11-19-15-10-13(17)9-12-5-4-7-18-16(12)15/h4-5,7,9-10,14,19H,2-3,6,8,11H2,1H3. The van der Waals surface area contributed by atoms with Crippen LogP contribution in [0.4, 0.5) is 5.69 Å². The van der Waals surface area contributed by atoms with Crippen LogP contribution in [-0.2, 0) is 0 Å². The summed E-state index contributed by atoms with van der Waals surface area (Å²) in [5.41, 5.74) is 2.03. The molecule has 3 nitrogen and oxygen atoms in total. The minimum absolute atomic E-state index is 0.599. The Bertz CT molecular complexity index is 599. The van der Waals surface area contributed by atoms with Gasteiger partial charge in [0, 0.05) is 29.2 Å². The van der Waals surface area contributed by atoms with Crippen molar-refractivity contribution in [2.24, 2.45) is 0 Å². The number of benzene rings is 1. The predicted octanol–water partition coefficient (Wildman–Crippen LogP) is 3.78. The van der Waals surface area contributed by atoms with E-state index in [1.165, 1.54) is 25.8 Å². The molecule has 0 saturated carbocycles. The molecule has 106 valence electrons. The third-order valence-corrected chi connectivity index (χ3v) is 4.34. The van der Waals surface area contributed by atoms with Crippen molar-refractivity contribution < 1.29 is 0 Å². The first-order chi connectivity index (χ1) is 9.74. The Hall–Kier alpha value is -1.32. The van der Waals surface area contributed by atoms with Crippen molar-refractivity contribution in [1.29, 1.82) is 0 Å². The Kier molecular flexibility index (Phi) is 4.08. The number of anilines is 1. The predicted molar refractivity (Wildman–Crippen MR) is 85.5 cm³/mol. The third kappa shape index (κ3) is 2.89. The summed E-state index contributed by atoms with van der Waals surface area (Å²) in [6, 6.07) is 8.52. The zero-order chi connectivity index (χ0) is 13.9. The molecular formula is C16H20ClN3. The van der Waals surface area contributed by atoms with Gasteiger partial charge in [-0.1, -0.05) is 24.1 Å². The summed E-state index contributed by atoms with van der Waals surface area (Å²) in [5.74, 6) is 0. The lowest BCUT2D eigenvalue weighted by Gasteiger charge is -2.32. The summed E-state index contributed by atoms with van der Waals surface area (Å²) in [6.07, 6.45) is 5.73. The second kappa shape index (κ2) is 5.98. The third-order valence-electron chi connectivity index (χ3n) is 4.12. The summed E-state index contributed by atoms with van der Waals surface area (Å²) in [7, 11) is 2.21.